The van der Waals surface area contributed by atoms with Crippen LogP contribution in [0.5, 0.6) is 0 Å². The standard InChI is InChI=1S/C15H14BrFN2O3S/c1-19(23(2,21)22)12-6-3-10(4-7-12)15(20)18-14-8-5-11(16)9-13(14)17/h3-9H,1-2H3,(H,18,20). The molecule has 2 aromatic rings. The molecule has 0 aliphatic carbocycles. The number of carbonyl (C=O) groups is 1. The lowest BCUT2D eigenvalue weighted by atomic mass is 10.2. The van der Waals surface area contributed by atoms with Gasteiger partial charge in [-0.25, -0.2) is 12.8 Å². The molecule has 0 heterocycles. The zero-order valence-electron chi connectivity index (χ0n) is 12.4. The monoisotopic (exact) mass is 400 g/mol. The van der Waals surface area contributed by atoms with E-state index in [1.54, 1.807) is 6.07 Å². The Hall–Kier alpha value is -1.93. The number of sulfonamides is 1. The van der Waals surface area contributed by atoms with E-state index in [4.69, 9.17) is 0 Å². The fourth-order valence-electron chi connectivity index (χ4n) is 1.80. The highest BCUT2D eigenvalue weighted by atomic mass is 79.9. The van der Waals surface area contributed by atoms with Crippen LogP contribution in [0.15, 0.2) is 46.9 Å². The van der Waals surface area contributed by atoms with E-state index in [2.05, 4.69) is 21.2 Å². The van der Waals surface area contributed by atoms with E-state index in [9.17, 15) is 17.6 Å². The first-order chi connectivity index (χ1) is 10.7. The molecule has 0 fully saturated rings. The third-order valence-corrected chi connectivity index (χ3v) is 4.87. The topological polar surface area (TPSA) is 66.5 Å². The molecule has 0 unspecified atom stereocenters. The number of hydrogen-bond donors (Lipinski definition) is 1. The fourth-order valence-corrected chi connectivity index (χ4v) is 2.64. The van der Waals surface area contributed by atoms with Crippen molar-refractivity contribution in [1.29, 1.82) is 0 Å². The molecule has 0 aliphatic heterocycles. The Kier molecular flexibility index (Phi) is 5.06. The molecule has 2 rings (SSSR count). The summed E-state index contributed by atoms with van der Waals surface area (Å²) in [5.41, 5.74) is 0.785. The quantitative estimate of drug-likeness (QED) is 0.856. The van der Waals surface area contributed by atoms with Gasteiger partial charge in [-0.15, -0.1) is 0 Å². The van der Waals surface area contributed by atoms with Gasteiger partial charge in [0.1, 0.15) is 5.82 Å². The van der Waals surface area contributed by atoms with Crippen LogP contribution in [0, 0.1) is 5.82 Å². The average Bonchev–Trinajstić information content (AvgIpc) is 2.48. The average molecular weight is 401 g/mol. The Morgan fingerprint density at radius 2 is 1.78 bits per heavy atom. The van der Waals surface area contributed by atoms with Gasteiger partial charge in [-0.05, 0) is 42.5 Å². The van der Waals surface area contributed by atoms with Gasteiger partial charge >= 0.3 is 0 Å². The summed E-state index contributed by atoms with van der Waals surface area (Å²) in [5, 5.41) is 2.47. The molecule has 1 amide bonds. The van der Waals surface area contributed by atoms with E-state index >= 15 is 0 Å². The Labute approximate surface area is 142 Å². The van der Waals surface area contributed by atoms with Gasteiger partial charge in [-0.2, -0.15) is 0 Å². The van der Waals surface area contributed by atoms with Gasteiger partial charge in [-0.3, -0.25) is 9.10 Å². The second-order valence-corrected chi connectivity index (χ2v) is 7.79. The molecule has 0 atom stereocenters. The lowest BCUT2D eigenvalue weighted by Crippen LogP contribution is -2.24. The van der Waals surface area contributed by atoms with E-state index < -0.39 is 21.7 Å². The Bertz CT molecular complexity index is 838. The first kappa shape index (κ1) is 17.4. The van der Waals surface area contributed by atoms with Gasteiger partial charge in [0.15, 0.2) is 0 Å². The lowest BCUT2D eigenvalue weighted by molar-refractivity contribution is 0.102. The molecule has 0 aliphatic rings. The van der Waals surface area contributed by atoms with Gasteiger partial charge in [0.2, 0.25) is 10.0 Å². The lowest BCUT2D eigenvalue weighted by Gasteiger charge is -2.16. The summed E-state index contributed by atoms with van der Waals surface area (Å²) >= 11 is 3.14. The van der Waals surface area contributed by atoms with Gasteiger partial charge in [0, 0.05) is 17.1 Å². The largest absolute Gasteiger partial charge is 0.319 e. The molecule has 0 spiro atoms. The molecule has 0 radical (unpaired) electrons. The normalized spacial score (nSPS) is 11.1. The highest BCUT2D eigenvalue weighted by Crippen LogP contribution is 2.21. The van der Waals surface area contributed by atoms with Crippen LogP contribution in [0.1, 0.15) is 10.4 Å². The minimum atomic E-state index is -3.37. The van der Waals surface area contributed by atoms with Crippen molar-refractivity contribution in [1.82, 2.24) is 0 Å². The smallest absolute Gasteiger partial charge is 0.255 e. The summed E-state index contributed by atoms with van der Waals surface area (Å²) in [4.78, 5) is 12.1. The van der Waals surface area contributed by atoms with Crippen LogP contribution >= 0.6 is 15.9 Å². The molecule has 23 heavy (non-hydrogen) atoms. The molecule has 0 saturated heterocycles. The first-order valence-corrected chi connectivity index (χ1v) is 9.13. The molecule has 122 valence electrons. The van der Waals surface area contributed by atoms with Crippen LogP contribution in [0.4, 0.5) is 15.8 Å². The second-order valence-electron chi connectivity index (χ2n) is 4.86. The minimum absolute atomic E-state index is 0.0653. The number of carbonyl (C=O) groups excluding carboxylic acids is 1. The molecular weight excluding hydrogens is 387 g/mol. The number of nitrogens with zero attached hydrogens (tertiary/aromatic N) is 1. The van der Waals surface area contributed by atoms with Crippen LogP contribution in [0.3, 0.4) is 0 Å². The van der Waals surface area contributed by atoms with Crippen molar-refractivity contribution in [2.45, 2.75) is 0 Å². The Balaban J connectivity index is 2.17. The molecule has 0 bridgehead atoms. The number of halogens is 2. The second kappa shape index (κ2) is 6.67. The third-order valence-electron chi connectivity index (χ3n) is 3.17. The van der Waals surface area contributed by atoms with Crippen LogP contribution in [0.25, 0.3) is 0 Å². The van der Waals surface area contributed by atoms with Crippen molar-refractivity contribution in [3.05, 3.63) is 58.3 Å². The number of rotatable bonds is 4. The number of anilines is 2. The van der Waals surface area contributed by atoms with Crippen molar-refractivity contribution in [3.8, 4) is 0 Å². The van der Waals surface area contributed by atoms with Gasteiger partial charge in [0.05, 0.1) is 17.6 Å². The van der Waals surface area contributed by atoms with E-state index in [0.717, 1.165) is 10.6 Å². The maximum Gasteiger partial charge on any atom is 0.255 e. The summed E-state index contributed by atoms with van der Waals surface area (Å²) in [6.07, 6.45) is 1.09. The zero-order chi connectivity index (χ0) is 17.2. The van der Waals surface area contributed by atoms with Crippen molar-refractivity contribution in [3.63, 3.8) is 0 Å². The molecule has 1 N–H and O–H groups in total. The number of benzene rings is 2. The predicted molar refractivity (Wildman–Crippen MR) is 91.7 cm³/mol. The Morgan fingerprint density at radius 1 is 1.17 bits per heavy atom. The molecule has 2 aromatic carbocycles. The fraction of sp³-hybridized carbons (Fsp3) is 0.133. The summed E-state index contributed by atoms with van der Waals surface area (Å²) < 4.78 is 38.3. The Morgan fingerprint density at radius 3 is 2.30 bits per heavy atom. The molecule has 0 saturated carbocycles. The number of hydrogen-bond acceptors (Lipinski definition) is 3. The summed E-state index contributed by atoms with van der Waals surface area (Å²) in [6, 6.07) is 10.3. The third kappa shape index (κ3) is 4.29. The van der Waals surface area contributed by atoms with Crippen molar-refractivity contribution in [2.75, 3.05) is 22.9 Å². The van der Waals surface area contributed by atoms with Crippen molar-refractivity contribution >= 4 is 43.2 Å². The summed E-state index contributed by atoms with van der Waals surface area (Å²) in [5.74, 6) is -1.04. The van der Waals surface area contributed by atoms with Crippen LogP contribution in [0.2, 0.25) is 0 Å². The molecule has 5 nitrogen and oxygen atoms in total. The van der Waals surface area contributed by atoms with Crippen molar-refractivity contribution < 1.29 is 17.6 Å². The summed E-state index contributed by atoms with van der Waals surface area (Å²) in [7, 11) is -1.95. The van der Waals surface area contributed by atoms with Gasteiger partial charge in [0.25, 0.3) is 5.91 Å². The zero-order valence-corrected chi connectivity index (χ0v) is 14.8. The number of nitrogens with one attached hydrogen (secondary N) is 1. The van der Waals surface area contributed by atoms with Crippen molar-refractivity contribution in [2.24, 2.45) is 0 Å². The first-order valence-electron chi connectivity index (χ1n) is 6.49. The molecular formula is C15H14BrFN2O3S. The molecule has 8 heteroatoms. The minimum Gasteiger partial charge on any atom is -0.319 e. The van der Waals surface area contributed by atoms with E-state index in [-0.39, 0.29) is 11.3 Å². The highest BCUT2D eigenvalue weighted by molar-refractivity contribution is 9.10. The summed E-state index contributed by atoms with van der Waals surface area (Å²) in [6.45, 7) is 0. The van der Waals surface area contributed by atoms with Gasteiger partial charge in [-0.1, -0.05) is 15.9 Å². The highest BCUT2D eigenvalue weighted by Gasteiger charge is 2.14. The maximum absolute atomic E-state index is 13.7. The van der Waals surface area contributed by atoms with E-state index in [1.807, 2.05) is 0 Å². The van der Waals surface area contributed by atoms with Crippen LogP contribution < -0.4 is 9.62 Å². The predicted octanol–water partition coefficient (Wildman–Crippen LogP) is 3.24. The van der Waals surface area contributed by atoms with Crippen LogP contribution in [-0.2, 0) is 10.0 Å². The van der Waals surface area contributed by atoms with Gasteiger partial charge < -0.3 is 5.32 Å². The van der Waals surface area contributed by atoms with E-state index in [1.165, 1.54) is 43.4 Å². The maximum atomic E-state index is 13.7. The molecule has 0 aromatic heterocycles. The van der Waals surface area contributed by atoms with E-state index in [0.29, 0.717) is 10.2 Å². The number of amides is 1. The SMILES string of the molecule is CN(c1ccc(C(=O)Nc2ccc(Br)cc2F)cc1)S(C)(=O)=O. The van der Waals surface area contributed by atoms with Crippen LogP contribution in [-0.4, -0.2) is 27.6 Å².